The Hall–Kier alpha value is -3.23. The topological polar surface area (TPSA) is 87.7 Å². The molecule has 1 amide bonds. The van der Waals surface area contributed by atoms with Crippen LogP contribution >= 0.6 is 0 Å². The first-order chi connectivity index (χ1) is 14.0. The molecule has 0 aliphatic carbocycles. The van der Waals surface area contributed by atoms with Crippen LogP contribution in [0.15, 0.2) is 48.5 Å². The van der Waals surface area contributed by atoms with E-state index in [4.69, 9.17) is 9.47 Å². The lowest BCUT2D eigenvalue weighted by Crippen LogP contribution is -2.38. The zero-order chi connectivity index (χ0) is 20.5. The third kappa shape index (κ3) is 3.37. The number of methoxy groups -OCH3 is 2. The van der Waals surface area contributed by atoms with Crippen molar-refractivity contribution in [3.8, 4) is 17.0 Å². The van der Waals surface area contributed by atoms with E-state index in [1.807, 2.05) is 0 Å². The second-order valence-electron chi connectivity index (χ2n) is 6.72. The van der Waals surface area contributed by atoms with Gasteiger partial charge in [-0.1, -0.05) is 12.1 Å². The zero-order valence-electron chi connectivity index (χ0n) is 15.9. The minimum atomic E-state index is -0.615. The van der Waals surface area contributed by atoms with Gasteiger partial charge in [-0.05, 0) is 42.0 Å². The van der Waals surface area contributed by atoms with E-state index in [0.29, 0.717) is 17.0 Å². The molecule has 2 heterocycles. The van der Waals surface area contributed by atoms with E-state index in [-0.39, 0.29) is 24.0 Å². The Morgan fingerprint density at radius 2 is 1.79 bits per heavy atom. The van der Waals surface area contributed by atoms with Crippen molar-refractivity contribution < 1.29 is 23.8 Å². The summed E-state index contributed by atoms with van der Waals surface area (Å²) >= 11 is 0. The van der Waals surface area contributed by atoms with Gasteiger partial charge in [-0.15, -0.1) is 0 Å². The number of carbonyl (C=O) groups excluding carboxylic acids is 1. The number of halogens is 1. The number of hydrogen-bond donors (Lipinski definition) is 2. The molecule has 4 rings (SSSR count). The van der Waals surface area contributed by atoms with Crippen LogP contribution in [0.25, 0.3) is 11.3 Å². The standard InChI is InChI=1S/C21H20FN3O4/c1-28-16(29-2)11-25-20(13-3-7-14(22)8-4-13)17-18(23-24-19(17)21(25)27)12-5-9-15(26)10-6-12/h3-10,16,20,26H,11H2,1-2H3,(H,23,24). The van der Waals surface area contributed by atoms with Gasteiger partial charge in [-0.3, -0.25) is 9.89 Å². The highest BCUT2D eigenvalue weighted by atomic mass is 19.1. The highest BCUT2D eigenvalue weighted by Gasteiger charge is 2.43. The Labute approximate surface area is 166 Å². The van der Waals surface area contributed by atoms with Gasteiger partial charge in [-0.25, -0.2) is 4.39 Å². The minimum Gasteiger partial charge on any atom is -0.508 e. The summed E-state index contributed by atoms with van der Waals surface area (Å²) in [6.07, 6.45) is -0.615. The van der Waals surface area contributed by atoms with Gasteiger partial charge < -0.3 is 19.5 Å². The van der Waals surface area contributed by atoms with E-state index < -0.39 is 12.3 Å². The molecule has 8 heteroatoms. The number of aromatic hydroxyl groups is 1. The Balaban J connectivity index is 1.84. The third-order valence-corrected chi connectivity index (χ3v) is 5.06. The Morgan fingerprint density at radius 1 is 1.14 bits per heavy atom. The molecule has 0 bridgehead atoms. The number of nitrogens with one attached hydrogen (secondary N) is 1. The third-order valence-electron chi connectivity index (χ3n) is 5.06. The smallest absolute Gasteiger partial charge is 0.273 e. The van der Waals surface area contributed by atoms with Crippen LogP contribution in [0.5, 0.6) is 5.75 Å². The van der Waals surface area contributed by atoms with E-state index in [9.17, 15) is 14.3 Å². The van der Waals surface area contributed by atoms with Gasteiger partial charge in [-0.2, -0.15) is 5.10 Å². The SMILES string of the molecule is COC(CN1C(=O)c2[nH]nc(-c3ccc(O)cc3)c2C1c1ccc(F)cc1)OC. The van der Waals surface area contributed by atoms with Gasteiger partial charge >= 0.3 is 0 Å². The lowest BCUT2D eigenvalue weighted by molar-refractivity contribution is -0.113. The molecule has 150 valence electrons. The van der Waals surface area contributed by atoms with Crippen molar-refractivity contribution in [2.75, 3.05) is 20.8 Å². The zero-order valence-corrected chi connectivity index (χ0v) is 15.9. The van der Waals surface area contributed by atoms with E-state index in [1.54, 1.807) is 41.3 Å². The van der Waals surface area contributed by atoms with E-state index in [0.717, 1.165) is 11.1 Å². The Bertz CT molecular complexity index is 1010. The summed E-state index contributed by atoms with van der Waals surface area (Å²) in [4.78, 5) is 14.8. The largest absolute Gasteiger partial charge is 0.508 e. The molecule has 2 N–H and O–H groups in total. The number of hydrogen-bond acceptors (Lipinski definition) is 5. The maximum absolute atomic E-state index is 13.5. The molecule has 0 fully saturated rings. The quantitative estimate of drug-likeness (QED) is 0.624. The fourth-order valence-electron chi connectivity index (χ4n) is 3.62. The highest BCUT2D eigenvalue weighted by Crippen LogP contribution is 2.43. The van der Waals surface area contributed by atoms with Crippen molar-refractivity contribution >= 4 is 5.91 Å². The number of aromatic amines is 1. The number of phenols is 1. The summed E-state index contributed by atoms with van der Waals surface area (Å²) < 4.78 is 24.1. The van der Waals surface area contributed by atoms with Crippen LogP contribution in [-0.2, 0) is 9.47 Å². The fraction of sp³-hybridized carbons (Fsp3) is 0.238. The number of rotatable bonds is 6. The van der Waals surface area contributed by atoms with E-state index >= 15 is 0 Å². The van der Waals surface area contributed by atoms with Crippen LogP contribution in [0.3, 0.4) is 0 Å². The maximum Gasteiger partial charge on any atom is 0.273 e. The van der Waals surface area contributed by atoms with E-state index in [2.05, 4.69) is 10.2 Å². The Kier molecular flexibility index (Phi) is 5.04. The molecular formula is C21H20FN3O4. The van der Waals surface area contributed by atoms with Crippen molar-refractivity contribution in [1.29, 1.82) is 0 Å². The number of fused-ring (bicyclic) bond motifs is 1. The average Bonchev–Trinajstić information content (AvgIpc) is 3.27. The summed E-state index contributed by atoms with van der Waals surface area (Å²) in [6.45, 7) is 0.186. The number of amides is 1. The second-order valence-corrected chi connectivity index (χ2v) is 6.72. The number of carbonyl (C=O) groups is 1. The molecule has 1 atom stereocenters. The lowest BCUT2D eigenvalue weighted by atomic mass is 9.96. The number of ether oxygens (including phenoxy) is 2. The first-order valence-electron chi connectivity index (χ1n) is 9.03. The molecular weight excluding hydrogens is 377 g/mol. The van der Waals surface area contributed by atoms with Crippen molar-refractivity contribution in [1.82, 2.24) is 15.1 Å². The maximum atomic E-state index is 13.5. The molecule has 1 aliphatic heterocycles. The van der Waals surface area contributed by atoms with Crippen LogP contribution in [-0.4, -0.2) is 53.2 Å². The first-order valence-corrected chi connectivity index (χ1v) is 9.03. The predicted octanol–water partition coefficient (Wildman–Crippen LogP) is 3.09. The van der Waals surface area contributed by atoms with Gasteiger partial charge in [0.05, 0.1) is 18.3 Å². The van der Waals surface area contributed by atoms with Gasteiger partial charge in [0.1, 0.15) is 17.3 Å². The lowest BCUT2D eigenvalue weighted by Gasteiger charge is -2.29. The van der Waals surface area contributed by atoms with Crippen LogP contribution in [0.1, 0.15) is 27.7 Å². The molecule has 0 saturated heterocycles. The van der Waals surface area contributed by atoms with Gasteiger partial charge in [0.25, 0.3) is 5.91 Å². The van der Waals surface area contributed by atoms with Crippen LogP contribution in [0, 0.1) is 5.82 Å². The molecule has 0 radical (unpaired) electrons. The predicted molar refractivity (Wildman–Crippen MR) is 103 cm³/mol. The molecule has 1 aromatic heterocycles. The summed E-state index contributed by atoms with van der Waals surface area (Å²) in [5, 5.41) is 16.8. The molecule has 0 saturated carbocycles. The summed E-state index contributed by atoms with van der Waals surface area (Å²) in [6, 6.07) is 12.1. The van der Waals surface area contributed by atoms with Crippen LogP contribution in [0.2, 0.25) is 0 Å². The number of nitrogens with zero attached hydrogens (tertiary/aromatic N) is 2. The molecule has 1 aliphatic rings. The number of aromatic nitrogens is 2. The van der Waals surface area contributed by atoms with E-state index in [1.165, 1.54) is 26.4 Å². The van der Waals surface area contributed by atoms with Gasteiger partial charge in [0.2, 0.25) is 0 Å². The number of benzene rings is 2. The van der Waals surface area contributed by atoms with Crippen molar-refractivity contribution in [3.05, 3.63) is 71.2 Å². The Morgan fingerprint density at radius 3 is 2.41 bits per heavy atom. The molecule has 2 aromatic carbocycles. The number of H-pyrrole nitrogens is 1. The molecule has 7 nitrogen and oxygen atoms in total. The van der Waals surface area contributed by atoms with Gasteiger partial charge in [0.15, 0.2) is 6.29 Å². The van der Waals surface area contributed by atoms with Crippen molar-refractivity contribution in [2.24, 2.45) is 0 Å². The molecule has 1 unspecified atom stereocenters. The van der Waals surface area contributed by atoms with Crippen LogP contribution in [0.4, 0.5) is 4.39 Å². The van der Waals surface area contributed by atoms with Crippen molar-refractivity contribution in [2.45, 2.75) is 12.3 Å². The summed E-state index contributed by atoms with van der Waals surface area (Å²) in [5.41, 5.74) is 3.14. The summed E-state index contributed by atoms with van der Waals surface area (Å²) in [7, 11) is 3.01. The highest BCUT2D eigenvalue weighted by molar-refractivity contribution is 6.00. The second kappa shape index (κ2) is 7.65. The van der Waals surface area contributed by atoms with Crippen LogP contribution < -0.4 is 0 Å². The summed E-state index contributed by atoms with van der Waals surface area (Å²) in [5.74, 6) is -0.467. The van der Waals surface area contributed by atoms with Gasteiger partial charge in [0, 0.05) is 25.3 Å². The molecule has 29 heavy (non-hydrogen) atoms. The first kappa shape index (κ1) is 19.1. The average molecular weight is 397 g/mol. The number of phenolic OH excluding ortho intramolecular Hbond substituents is 1. The monoisotopic (exact) mass is 397 g/mol. The molecule has 0 spiro atoms. The minimum absolute atomic E-state index is 0.136. The van der Waals surface area contributed by atoms with Crippen molar-refractivity contribution in [3.63, 3.8) is 0 Å². The fourth-order valence-corrected chi connectivity index (χ4v) is 3.62. The normalized spacial score (nSPS) is 15.9. The molecule has 3 aromatic rings.